The third kappa shape index (κ3) is 3.91. The van der Waals surface area contributed by atoms with E-state index >= 15 is 0 Å². The van der Waals surface area contributed by atoms with Crippen LogP contribution in [0.25, 0.3) is 0 Å². The van der Waals surface area contributed by atoms with Crippen molar-refractivity contribution in [2.75, 3.05) is 24.3 Å². The third-order valence-corrected chi connectivity index (χ3v) is 2.97. The molecular weight excluding hydrogens is 280 g/mol. The lowest BCUT2D eigenvalue weighted by molar-refractivity contribution is 0.102. The standard InChI is InChI=1S/C17H20N2O3/c1-3-21-15-10-9-14(11-16(15)22-4-2)19-17(20)12-5-7-13(18)8-6-12/h5-11H,3-4,18H2,1-2H3,(H,19,20). The van der Waals surface area contributed by atoms with Gasteiger partial charge in [-0.15, -0.1) is 0 Å². The Morgan fingerprint density at radius 3 is 2.27 bits per heavy atom. The topological polar surface area (TPSA) is 73.6 Å². The molecule has 0 fully saturated rings. The highest BCUT2D eigenvalue weighted by molar-refractivity contribution is 6.04. The summed E-state index contributed by atoms with van der Waals surface area (Å²) < 4.78 is 11.0. The van der Waals surface area contributed by atoms with Crippen LogP contribution in [-0.4, -0.2) is 19.1 Å². The van der Waals surface area contributed by atoms with Crippen molar-refractivity contribution >= 4 is 17.3 Å². The van der Waals surface area contributed by atoms with Gasteiger partial charge in [-0.2, -0.15) is 0 Å². The molecule has 0 saturated heterocycles. The maximum absolute atomic E-state index is 12.2. The zero-order valence-electron chi connectivity index (χ0n) is 12.8. The molecule has 5 nitrogen and oxygen atoms in total. The predicted molar refractivity (Wildman–Crippen MR) is 87.6 cm³/mol. The average Bonchev–Trinajstić information content (AvgIpc) is 2.51. The van der Waals surface area contributed by atoms with Crippen molar-refractivity contribution in [3.63, 3.8) is 0 Å². The summed E-state index contributed by atoms with van der Waals surface area (Å²) in [6.45, 7) is 4.88. The first kappa shape index (κ1) is 15.7. The number of anilines is 2. The Labute approximate surface area is 130 Å². The van der Waals surface area contributed by atoms with Crippen LogP contribution in [-0.2, 0) is 0 Å². The van der Waals surface area contributed by atoms with Gasteiger partial charge >= 0.3 is 0 Å². The van der Waals surface area contributed by atoms with Crippen LogP contribution in [0.15, 0.2) is 42.5 Å². The van der Waals surface area contributed by atoms with Crippen LogP contribution in [0.5, 0.6) is 11.5 Å². The normalized spacial score (nSPS) is 10.1. The van der Waals surface area contributed by atoms with Crippen LogP contribution < -0.4 is 20.5 Å². The van der Waals surface area contributed by atoms with Crippen molar-refractivity contribution in [1.82, 2.24) is 0 Å². The second-order valence-electron chi connectivity index (χ2n) is 4.60. The van der Waals surface area contributed by atoms with Gasteiger partial charge in [0, 0.05) is 23.0 Å². The summed E-state index contributed by atoms with van der Waals surface area (Å²) in [5.41, 5.74) is 7.43. The van der Waals surface area contributed by atoms with Gasteiger partial charge in [0.15, 0.2) is 11.5 Å². The molecule has 3 N–H and O–H groups in total. The molecule has 22 heavy (non-hydrogen) atoms. The van der Waals surface area contributed by atoms with Gasteiger partial charge in [-0.1, -0.05) is 0 Å². The van der Waals surface area contributed by atoms with E-state index in [1.54, 1.807) is 42.5 Å². The highest BCUT2D eigenvalue weighted by Gasteiger charge is 2.10. The molecule has 0 unspecified atom stereocenters. The van der Waals surface area contributed by atoms with Crippen LogP contribution in [0.1, 0.15) is 24.2 Å². The fraction of sp³-hybridized carbons (Fsp3) is 0.235. The smallest absolute Gasteiger partial charge is 0.255 e. The Morgan fingerprint density at radius 1 is 1.00 bits per heavy atom. The Hall–Kier alpha value is -2.69. The molecule has 0 bridgehead atoms. The molecule has 0 saturated carbocycles. The van der Waals surface area contributed by atoms with Gasteiger partial charge in [0.1, 0.15) is 0 Å². The van der Waals surface area contributed by atoms with E-state index in [1.165, 1.54) is 0 Å². The molecule has 5 heteroatoms. The fourth-order valence-corrected chi connectivity index (χ4v) is 1.97. The van der Waals surface area contributed by atoms with E-state index < -0.39 is 0 Å². The van der Waals surface area contributed by atoms with Crippen molar-refractivity contribution in [2.24, 2.45) is 0 Å². The van der Waals surface area contributed by atoms with Gasteiger partial charge in [-0.3, -0.25) is 4.79 Å². The van der Waals surface area contributed by atoms with Crippen LogP contribution >= 0.6 is 0 Å². The van der Waals surface area contributed by atoms with Crippen LogP contribution in [0.2, 0.25) is 0 Å². The molecule has 1 amide bonds. The van der Waals surface area contributed by atoms with Crippen LogP contribution in [0.4, 0.5) is 11.4 Å². The molecule has 116 valence electrons. The zero-order chi connectivity index (χ0) is 15.9. The fourth-order valence-electron chi connectivity index (χ4n) is 1.97. The number of ether oxygens (including phenoxy) is 2. The minimum atomic E-state index is -0.202. The second-order valence-corrected chi connectivity index (χ2v) is 4.60. The molecule has 0 aliphatic carbocycles. The second kappa shape index (κ2) is 7.36. The van der Waals surface area contributed by atoms with E-state index in [-0.39, 0.29) is 5.91 Å². The summed E-state index contributed by atoms with van der Waals surface area (Å²) in [5.74, 6) is 1.07. The molecule has 0 aliphatic rings. The molecule has 0 aromatic heterocycles. The molecular formula is C17H20N2O3. The van der Waals surface area contributed by atoms with E-state index in [4.69, 9.17) is 15.2 Å². The minimum Gasteiger partial charge on any atom is -0.490 e. The number of hydrogen-bond acceptors (Lipinski definition) is 4. The Balaban J connectivity index is 2.16. The number of amides is 1. The summed E-state index contributed by atoms with van der Waals surface area (Å²) in [4.78, 5) is 12.2. The van der Waals surface area contributed by atoms with Gasteiger partial charge in [-0.25, -0.2) is 0 Å². The number of nitrogen functional groups attached to an aromatic ring is 1. The third-order valence-electron chi connectivity index (χ3n) is 2.97. The molecule has 0 atom stereocenters. The van der Waals surface area contributed by atoms with E-state index in [1.807, 2.05) is 13.8 Å². The summed E-state index contributed by atoms with van der Waals surface area (Å²) in [5, 5.41) is 2.83. The lowest BCUT2D eigenvalue weighted by Gasteiger charge is -2.13. The first-order chi connectivity index (χ1) is 10.6. The van der Waals surface area contributed by atoms with Crippen LogP contribution in [0.3, 0.4) is 0 Å². The lowest BCUT2D eigenvalue weighted by atomic mass is 10.2. The Kier molecular flexibility index (Phi) is 5.25. The summed E-state index contributed by atoms with van der Waals surface area (Å²) >= 11 is 0. The summed E-state index contributed by atoms with van der Waals surface area (Å²) in [6, 6.07) is 12.1. The Bertz CT molecular complexity index is 639. The molecule has 0 spiro atoms. The molecule has 2 aromatic carbocycles. The van der Waals surface area contributed by atoms with Crippen molar-refractivity contribution in [2.45, 2.75) is 13.8 Å². The maximum atomic E-state index is 12.2. The highest BCUT2D eigenvalue weighted by atomic mass is 16.5. The zero-order valence-corrected chi connectivity index (χ0v) is 12.8. The van der Waals surface area contributed by atoms with Gasteiger partial charge in [0.2, 0.25) is 0 Å². The van der Waals surface area contributed by atoms with E-state index in [0.29, 0.717) is 41.7 Å². The monoisotopic (exact) mass is 300 g/mol. The SMILES string of the molecule is CCOc1ccc(NC(=O)c2ccc(N)cc2)cc1OCC. The van der Waals surface area contributed by atoms with Gasteiger partial charge in [0.25, 0.3) is 5.91 Å². The number of carbonyl (C=O) groups is 1. The number of nitrogens with one attached hydrogen (secondary N) is 1. The summed E-state index contributed by atoms with van der Waals surface area (Å²) in [6.07, 6.45) is 0. The largest absolute Gasteiger partial charge is 0.490 e. The maximum Gasteiger partial charge on any atom is 0.255 e. The number of hydrogen-bond donors (Lipinski definition) is 2. The van der Waals surface area contributed by atoms with E-state index in [9.17, 15) is 4.79 Å². The quantitative estimate of drug-likeness (QED) is 0.803. The predicted octanol–water partition coefficient (Wildman–Crippen LogP) is 3.32. The molecule has 2 rings (SSSR count). The first-order valence-corrected chi connectivity index (χ1v) is 7.20. The van der Waals surface area contributed by atoms with Crippen molar-refractivity contribution in [3.8, 4) is 11.5 Å². The van der Waals surface area contributed by atoms with Crippen LogP contribution in [0, 0.1) is 0 Å². The van der Waals surface area contributed by atoms with E-state index in [0.717, 1.165) is 0 Å². The molecule has 0 aliphatic heterocycles. The number of carbonyl (C=O) groups excluding carboxylic acids is 1. The Morgan fingerprint density at radius 2 is 1.64 bits per heavy atom. The lowest BCUT2D eigenvalue weighted by Crippen LogP contribution is -2.12. The molecule has 0 heterocycles. The first-order valence-electron chi connectivity index (χ1n) is 7.20. The number of benzene rings is 2. The van der Waals surface area contributed by atoms with Crippen molar-refractivity contribution < 1.29 is 14.3 Å². The molecule has 0 radical (unpaired) electrons. The number of nitrogens with two attached hydrogens (primary N) is 1. The van der Waals surface area contributed by atoms with Crippen molar-refractivity contribution in [1.29, 1.82) is 0 Å². The average molecular weight is 300 g/mol. The molecule has 2 aromatic rings. The number of rotatable bonds is 6. The minimum absolute atomic E-state index is 0.202. The van der Waals surface area contributed by atoms with Gasteiger partial charge in [0.05, 0.1) is 13.2 Å². The summed E-state index contributed by atoms with van der Waals surface area (Å²) in [7, 11) is 0. The van der Waals surface area contributed by atoms with Gasteiger partial charge < -0.3 is 20.5 Å². The van der Waals surface area contributed by atoms with Crippen molar-refractivity contribution in [3.05, 3.63) is 48.0 Å². The highest BCUT2D eigenvalue weighted by Crippen LogP contribution is 2.30. The van der Waals surface area contributed by atoms with Gasteiger partial charge in [-0.05, 0) is 50.2 Å². The van der Waals surface area contributed by atoms with E-state index in [2.05, 4.69) is 5.32 Å².